The monoisotopic (exact) mass is 334 g/mol. The fraction of sp³-hybridized carbons (Fsp3) is 0.300. The van der Waals surface area contributed by atoms with Crippen LogP contribution in [0.1, 0.15) is 43.1 Å². The second-order valence-corrected chi connectivity index (χ2v) is 7.25. The Morgan fingerprint density at radius 2 is 2.04 bits per heavy atom. The van der Waals surface area contributed by atoms with Crippen molar-refractivity contribution >= 4 is 11.7 Å². The van der Waals surface area contributed by atoms with E-state index in [4.69, 9.17) is 0 Å². The van der Waals surface area contributed by atoms with Gasteiger partial charge < -0.3 is 15.0 Å². The molecular formula is C20H22N4O. The van der Waals surface area contributed by atoms with E-state index in [1.165, 1.54) is 11.1 Å². The summed E-state index contributed by atoms with van der Waals surface area (Å²) in [4.78, 5) is 16.8. The number of hydrogen-bond donors (Lipinski definition) is 2. The van der Waals surface area contributed by atoms with Gasteiger partial charge in [0, 0.05) is 12.4 Å². The summed E-state index contributed by atoms with van der Waals surface area (Å²) in [6.45, 7) is 4.86. The lowest BCUT2D eigenvalue weighted by Gasteiger charge is -2.19. The number of nitrogens with one attached hydrogen (secondary N) is 2. The highest BCUT2D eigenvalue weighted by molar-refractivity contribution is 5.74. The molecule has 0 saturated carbocycles. The van der Waals surface area contributed by atoms with E-state index in [2.05, 4.69) is 47.7 Å². The maximum absolute atomic E-state index is 12.4. The zero-order valence-electron chi connectivity index (χ0n) is 14.5. The zero-order valence-corrected chi connectivity index (χ0v) is 14.5. The molecule has 5 heteroatoms. The standard InChI is InChI=1S/C20H22N4O/c1-20(2)11-17(15-7-3-4-8-16(15)20)23-19(25)21-12-14-13-24-10-6-5-9-18(24)22-14/h3-10,13,17H,11-12H2,1-2H3,(H2,21,23,25). The van der Waals surface area contributed by atoms with Crippen molar-refractivity contribution in [3.63, 3.8) is 0 Å². The van der Waals surface area contributed by atoms with Crippen molar-refractivity contribution < 1.29 is 4.79 Å². The van der Waals surface area contributed by atoms with Crippen LogP contribution < -0.4 is 10.6 Å². The van der Waals surface area contributed by atoms with Gasteiger partial charge in [0.25, 0.3) is 0 Å². The normalized spacial score (nSPS) is 18.1. The minimum atomic E-state index is -0.158. The van der Waals surface area contributed by atoms with Crippen molar-refractivity contribution in [1.29, 1.82) is 0 Å². The van der Waals surface area contributed by atoms with E-state index in [9.17, 15) is 4.79 Å². The Labute approximate surface area is 147 Å². The first-order valence-corrected chi connectivity index (χ1v) is 8.59. The number of fused-ring (bicyclic) bond motifs is 2. The Morgan fingerprint density at radius 1 is 1.24 bits per heavy atom. The van der Waals surface area contributed by atoms with Gasteiger partial charge in [-0.1, -0.05) is 44.2 Å². The Morgan fingerprint density at radius 3 is 2.88 bits per heavy atom. The molecular weight excluding hydrogens is 312 g/mol. The molecule has 1 atom stereocenters. The van der Waals surface area contributed by atoms with Crippen molar-refractivity contribution in [3.05, 3.63) is 71.7 Å². The van der Waals surface area contributed by atoms with Gasteiger partial charge in [0.2, 0.25) is 0 Å². The summed E-state index contributed by atoms with van der Waals surface area (Å²) in [5.74, 6) is 0. The summed E-state index contributed by atoms with van der Waals surface area (Å²) < 4.78 is 1.95. The van der Waals surface area contributed by atoms with Crippen molar-refractivity contribution in [3.8, 4) is 0 Å². The average Bonchev–Trinajstić information content (AvgIpc) is 3.12. The molecule has 0 fully saturated rings. The van der Waals surface area contributed by atoms with Crippen LogP contribution in [0.15, 0.2) is 54.9 Å². The first kappa shape index (κ1) is 15.7. The Kier molecular flexibility index (Phi) is 3.71. The molecule has 0 saturated heterocycles. The van der Waals surface area contributed by atoms with Crippen molar-refractivity contribution in [1.82, 2.24) is 20.0 Å². The third kappa shape index (κ3) is 2.97. The molecule has 0 aliphatic heterocycles. The maximum atomic E-state index is 12.4. The number of imidazole rings is 1. The summed E-state index contributed by atoms with van der Waals surface area (Å²) in [5, 5.41) is 6.03. The van der Waals surface area contributed by atoms with Crippen LogP contribution in [0.25, 0.3) is 5.65 Å². The van der Waals surface area contributed by atoms with Crippen molar-refractivity contribution in [2.24, 2.45) is 0 Å². The number of carbonyl (C=O) groups excluding carboxylic acids is 1. The summed E-state index contributed by atoms with van der Waals surface area (Å²) in [5.41, 5.74) is 4.34. The third-order valence-corrected chi connectivity index (χ3v) is 4.93. The van der Waals surface area contributed by atoms with Crippen LogP contribution in [0.2, 0.25) is 0 Å². The average molecular weight is 334 g/mol. The summed E-state index contributed by atoms with van der Waals surface area (Å²) in [6, 6.07) is 14.1. The molecule has 1 aliphatic rings. The van der Waals surface area contributed by atoms with Crippen molar-refractivity contribution in [2.75, 3.05) is 0 Å². The van der Waals surface area contributed by atoms with Crippen LogP contribution >= 0.6 is 0 Å². The number of aromatic nitrogens is 2. The molecule has 4 rings (SSSR count). The molecule has 5 nitrogen and oxygen atoms in total. The van der Waals surface area contributed by atoms with Gasteiger partial charge in [0.15, 0.2) is 0 Å². The summed E-state index contributed by atoms with van der Waals surface area (Å²) in [7, 11) is 0. The number of benzene rings is 1. The highest BCUT2D eigenvalue weighted by atomic mass is 16.2. The fourth-order valence-corrected chi connectivity index (χ4v) is 3.73. The van der Waals surface area contributed by atoms with Gasteiger partial charge in [0.1, 0.15) is 5.65 Å². The minimum Gasteiger partial charge on any atom is -0.332 e. The van der Waals surface area contributed by atoms with Crippen LogP contribution in [0, 0.1) is 0 Å². The molecule has 25 heavy (non-hydrogen) atoms. The predicted octanol–water partition coefficient (Wildman–Crippen LogP) is 3.56. The second-order valence-electron chi connectivity index (χ2n) is 7.25. The van der Waals surface area contributed by atoms with Gasteiger partial charge in [-0.3, -0.25) is 0 Å². The number of carbonyl (C=O) groups is 1. The molecule has 0 spiro atoms. The van der Waals surface area contributed by atoms with Crippen LogP contribution in [0.5, 0.6) is 0 Å². The molecule has 1 unspecified atom stereocenters. The van der Waals surface area contributed by atoms with Gasteiger partial charge in [-0.25, -0.2) is 9.78 Å². The van der Waals surface area contributed by atoms with E-state index >= 15 is 0 Å². The molecule has 0 bridgehead atoms. The van der Waals surface area contributed by atoms with Gasteiger partial charge in [-0.15, -0.1) is 0 Å². The molecule has 2 aromatic heterocycles. The molecule has 3 aromatic rings. The lowest BCUT2D eigenvalue weighted by molar-refractivity contribution is 0.235. The van der Waals surface area contributed by atoms with E-state index < -0.39 is 0 Å². The first-order chi connectivity index (χ1) is 12.0. The number of rotatable bonds is 3. The van der Waals surface area contributed by atoms with Crippen LogP contribution in [-0.2, 0) is 12.0 Å². The maximum Gasteiger partial charge on any atom is 0.315 e. The lowest BCUT2D eigenvalue weighted by atomic mass is 9.86. The highest BCUT2D eigenvalue weighted by Gasteiger charge is 2.37. The minimum absolute atomic E-state index is 0.0484. The van der Waals surface area contributed by atoms with Crippen molar-refractivity contribution in [2.45, 2.75) is 38.3 Å². The van der Waals surface area contributed by atoms with E-state index in [0.29, 0.717) is 6.54 Å². The predicted molar refractivity (Wildman–Crippen MR) is 97.4 cm³/mol. The van der Waals surface area contributed by atoms with Crippen LogP contribution in [0.4, 0.5) is 4.79 Å². The molecule has 128 valence electrons. The molecule has 1 aliphatic carbocycles. The fourth-order valence-electron chi connectivity index (χ4n) is 3.73. The van der Waals surface area contributed by atoms with Crippen LogP contribution in [0.3, 0.4) is 0 Å². The van der Waals surface area contributed by atoms with E-state index in [0.717, 1.165) is 17.8 Å². The van der Waals surface area contributed by atoms with Gasteiger partial charge in [-0.2, -0.15) is 0 Å². The molecule has 0 radical (unpaired) electrons. The zero-order chi connectivity index (χ0) is 17.4. The topological polar surface area (TPSA) is 58.4 Å². The number of amides is 2. The highest BCUT2D eigenvalue weighted by Crippen LogP contribution is 2.44. The van der Waals surface area contributed by atoms with E-state index in [1.54, 1.807) is 0 Å². The largest absolute Gasteiger partial charge is 0.332 e. The smallest absolute Gasteiger partial charge is 0.315 e. The van der Waals surface area contributed by atoms with E-state index in [-0.39, 0.29) is 17.5 Å². The van der Waals surface area contributed by atoms with Gasteiger partial charge in [0.05, 0.1) is 18.3 Å². The van der Waals surface area contributed by atoms with Crippen LogP contribution in [-0.4, -0.2) is 15.4 Å². The Balaban J connectivity index is 1.41. The van der Waals surface area contributed by atoms with E-state index in [1.807, 2.05) is 41.1 Å². The third-order valence-electron chi connectivity index (χ3n) is 4.93. The second kappa shape index (κ2) is 5.92. The molecule has 2 N–H and O–H groups in total. The summed E-state index contributed by atoms with van der Waals surface area (Å²) >= 11 is 0. The number of nitrogens with zero attached hydrogens (tertiary/aromatic N) is 2. The Bertz CT molecular complexity index is 895. The molecule has 1 aromatic carbocycles. The lowest BCUT2D eigenvalue weighted by Crippen LogP contribution is -2.37. The summed E-state index contributed by atoms with van der Waals surface area (Å²) in [6.07, 6.45) is 4.79. The first-order valence-electron chi connectivity index (χ1n) is 8.59. The number of urea groups is 1. The van der Waals surface area contributed by atoms with Gasteiger partial charge in [-0.05, 0) is 35.1 Å². The number of pyridine rings is 1. The molecule has 2 heterocycles. The molecule has 2 amide bonds. The quantitative estimate of drug-likeness (QED) is 0.769. The SMILES string of the molecule is CC1(C)CC(NC(=O)NCc2cn3ccccc3n2)c2ccccc21. The van der Waals surface area contributed by atoms with Gasteiger partial charge >= 0.3 is 6.03 Å². The number of hydrogen-bond acceptors (Lipinski definition) is 2. The Hall–Kier alpha value is -2.82.